The van der Waals surface area contributed by atoms with Gasteiger partial charge in [-0.15, -0.1) is 11.8 Å². The lowest BCUT2D eigenvalue weighted by Crippen LogP contribution is -1.94. The molecule has 0 spiro atoms. The van der Waals surface area contributed by atoms with Crippen LogP contribution in [0.2, 0.25) is 0 Å². The van der Waals surface area contributed by atoms with Gasteiger partial charge in [-0.05, 0) is 30.5 Å². The Bertz CT molecular complexity index is 320. The highest BCUT2D eigenvalue weighted by molar-refractivity contribution is 8.00. The molecule has 1 N–H and O–H groups in total. The van der Waals surface area contributed by atoms with E-state index < -0.39 is 0 Å². The van der Waals surface area contributed by atoms with E-state index in [1.165, 1.54) is 10.5 Å². The first-order chi connectivity index (χ1) is 6.16. The highest BCUT2D eigenvalue weighted by Gasteiger charge is 2.18. The number of hydrogen-bond acceptors (Lipinski definition) is 2. The maximum atomic E-state index is 9.41. The molecule has 1 aromatic carbocycles. The summed E-state index contributed by atoms with van der Waals surface area (Å²) in [6.07, 6.45) is 0.798. The minimum absolute atomic E-state index is 0.341. The van der Waals surface area contributed by atoms with Gasteiger partial charge in [0.2, 0.25) is 0 Å². The van der Waals surface area contributed by atoms with Gasteiger partial charge in [-0.25, -0.2) is 0 Å². The van der Waals surface area contributed by atoms with Crippen molar-refractivity contribution in [1.29, 1.82) is 0 Å². The largest absolute Gasteiger partial charge is 0.389 e. The van der Waals surface area contributed by atoms with E-state index in [4.69, 9.17) is 0 Å². The van der Waals surface area contributed by atoms with Crippen molar-refractivity contribution < 1.29 is 5.11 Å². The van der Waals surface area contributed by atoms with E-state index >= 15 is 0 Å². The van der Waals surface area contributed by atoms with E-state index in [1.54, 1.807) is 0 Å². The molecule has 2 heteroatoms. The summed E-state index contributed by atoms with van der Waals surface area (Å²) in [5.41, 5.74) is 2.43. The molecule has 0 fully saturated rings. The molecular formula is C11H14OS. The molecule has 0 amide bonds. The molecule has 1 aliphatic rings. The van der Waals surface area contributed by atoms with Gasteiger partial charge in [0.15, 0.2) is 0 Å². The standard InChI is InChI=1S/C11H14OS/c1-7-5-10-6-9(8(2)12)3-4-11(10)13-7/h3-4,6-8,12H,5H2,1-2H3. The van der Waals surface area contributed by atoms with Crippen molar-refractivity contribution in [2.75, 3.05) is 0 Å². The first-order valence-electron chi connectivity index (χ1n) is 4.64. The quantitative estimate of drug-likeness (QED) is 0.742. The predicted octanol–water partition coefficient (Wildman–Crippen LogP) is 2.78. The summed E-state index contributed by atoms with van der Waals surface area (Å²) in [7, 11) is 0. The van der Waals surface area contributed by atoms with Gasteiger partial charge in [-0.1, -0.05) is 19.1 Å². The molecule has 13 heavy (non-hydrogen) atoms. The number of rotatable bonds is 1. The third kappa shape index (κ3) is 1.74. The van der Waals surface area contributed by atoms with E-state index in [0.717, 1.165) is 12.0 Å². The summed E-state index contributed by atoms with van der Waals surface area (Å²) in [6.45, 7) is 4.06. The van der Waals surface area contributed by atoms with Crippen molar-refractivity contribution in [3.63, 3.8) is 0 Å². The van der Waals surface area contributed by atoms with Crippen molar-refractivity contribution >= 4 is 11.8 Å². The second kappa shape index (κ2) is 3.35. The van der Waals surface area contributed by atoms with Crippen LogP contribution in [0.4, 0.5) is 0 Å². The molecule has 1 nitrogen and oxygen atoms in total. The normalized spacial score (nSPS) is 22.8. The lowest BCUT2D eigenvalue weighted by atomic mass is 10.0. The summed E-state index contributed by atoms with van der Waals surface area (Å²) < 4.78 is 0. The van der Waals surface area contributed by atoms with Crippen LogP contribution in [-0.2, 0) is 6.42 Å². The molecule has 1 heterocycles. The fourth-order valence-corrected chi connectivity index (χ4v) is 2.84. The number of fused-ring (bicyclic) bond motifs is 1. The van der Waals surface area contributed by atoms with Crippen LogP contribution in [-0.4, -0.2) is 10.4 Å². The Morgan fingerprint density at radius 2 is 2.31 bits per heavy atom. The van der Waals surface area contributed by atoms with Crippen molar-refractivity contribution in [3.05, 3.63) is 29.3 Å². The van der Waals surface area contributed by atoms with E-state index in [-0.39, 0.29) is 6.10 Å². The molecule has 2 rings (SSSR count). The number of hydrogen-bond donors (Lipinski definition) is 1. The molecule has 2 atom stereocenters. The van der Waals surface area contributed by atoms with Crippen LogP contribution in [0.1, 0.15) is 31.1 Å². The summed E-state index contributed by atoms with van der Waals surface area (Å²) in [6, 6.07) is 6.29. The zero-order valence-corrected chi connectivity index (χ0v) is 8.77. The average molecular weight is 194 g/mol. The van der Waals surface area contributed by atoms with Gasteiger partial charge < -0.3 is 5.11 Å². The van der Waals surface area contributed by atoms with Gasteiger partial charge in [0.1, 0.15) is 0 Å². The van der Waals surface area contributed by atoms with Gasteiger partial charge in [-0.2, -0.15) is 0 Å². The predicted molar refractivity (Wildman–Crippen MR) is 56.1 cm³/mol. The molecule has 0 aromatic heterocycles. The van der Waals surface area contributed by atoms with Gasteiger partial charge in [0.05, 0.1) is 6.10 Å². The van der Waals surface area contributed by atoms with Gasteiger partial charge >= 0.3 is 0 Å². The first-order valence-corrected chi connectivity index (χ1v) is 5.52. The fraction of sp³-hybridized carbons (Fsp3) is 0.455. The SMILES string of the molecule is CC1Cc2cc(C(C)O)ccc2S1. The van der Waals surface area contributed by atoms with Crippen LogP contribution in [0.25, 0.3) is 0 Å². The van der Waals surface area contributed by atoms with E-state index in [1.807, 2.05) is 24.8 Å². The van der Waals surface area contributed by atoms with Crippen LogP contribution in [0.5, 0.6) is 0 Å². The van der Waals surface area contributed by atoms with Gasteiger partial charge in [0, 0.05) is 10.1 Å². The Labute approximate surface area is 83.2 Å². The van der Waals surface area contributed by atoms with Crippen molar-refractivity contribution in [1.82, 2.24) is 0 Å². The Morgan fingerprint density at radius 1 is 1.54 bits per heavy atom. The van der Waals surface area contributed by atoms with Crippen LogP contribution in [0.3, 0.4) is 0 Å². The third-order valence-electron chi connectivity index (χ3n) is 2.40. The minimum Gasteiger partial charge on any atom is -0.389 e. The second-order valence-electron chi connectivity index (χ2n) is 3.68. The zero-order chi connectivity index (χ0) is 9.42. The van der Waals surface area contributed by atoms with Crippen LogP contribution in [0, 0.1) is 0 Å². The maximum Gasteiger partial charge on any atom is 0.0762 e. The highest BCUT2D eigenvalue weighted by atomic mass is 32.2. The summed E-state index contributed by atoms with van der Waals surface area (Å²) in [4.78, 5) is 1.39. The van der Waals surface area contributed by atoms with Crippen LogP contribution >= 0.6 is 11.8 Å². The average Bonchev–Trinajstić information content (AvgIpc) is 2.42. The van der Waals surface area contributed by atoms with E-state index in [9.17, 15) is 5.11 Å². The number of aliphatic hydroxyl groups excluding tert-OH is 1. The van der Waals surface area contributed by atoms with Gasteiger partial charge in [-0.3, -0.25) is 0 Å². The van der Waals surface area contributed by atoms with E-state index in [2.05, 4.69) is 19.1 Å². The molecule has 0 aliphatic carbocycles. The summed E-state index contributed by atoms with van der Waals surface area (Å²) in [5, 5.41) is 10.1. The summed E-state index contributed by atoms with van der Waals surface area (Å²) >= 11 is 1.93. The lowest BCUT2D eigenvalue weighted by Gasteiger charge is -2.06. The molecular weight excluding hydrogens is 180 g/mol. The van der Waals surface area contributed by atoms with Crippen molar-refractivity contribution in [2.45, 2.75) is 36.5 Å². The molecule has 0 saturated heterocycles. The molecule has 1 aliphatic heterocycles. The summed E-state index contributed by atoms with van der Waals surface area (Å²) in [5.74, 6) is 0. The first kappa shape index (κ1) is 9.10. The highest BCUT2D eigenvalue weighted by Crippen LogP contribution is 2.37. The topological polar surface area (TPSA) is 20.2 Å². The van der Waals surface area contributed by atoms with Crippen molar-refractivity contribution in [3.8, 4) is 0 Å². The number of thioether (sulfide) groups is 1. The Hall–Kier alpha value is -0.470. The molecule has 1 aromatic rings. The van der Waals surface area contributed by atoms with Gasteiger partial charge in [0.25, 0.3) is 0 Å². The Kier molecular flexibility index (Phi) is 2.35. The van der Waals surface area contributed by atoms with Crippen LogP contribution < -0.4 is 0 Å². The Balaban J connectivity index is 2.35. The monoisotopic (exact) mass is 194 g/mol. The molecule has 0 radical (unpaired) electrons. The second-order valence-corrected chi connectivity index (χ2v) is 5.16. The molecule has 2 unspecified atom stereocenters. The third-order valence-corrected chi connectivity index (χ3v) is 3.62. The Morgan fingerprint density at radius 3 is 3.00 bits per heavy atom. The van der Waals surface area contributed by atoms with Crippen molar-refractivity contribution in [2.24, 2.45) is 0 Å². The fourth-order valence-electron chi connectivity index (χ4n) is 1.70. The number of aliphatic hydroxyl groups is 1. The maximum absolute atomic E-state index is 9.41. The van der Waals surface area contributed by atoms with E-state index in [0.29, 0.717) is 5.25 Å². The van der Waals surface area contributed by atoms with Crippen LogP contribution in [0.15, 0.2) is 23.1 Å². The molecule has 0 saturated carbocycles. The smallest absolute Gasteiger partial charge is 0.0762 e. The number of benzene rings is 1. The zero-order valence-electron chi connectivity index (χ0n) is 7.95. The minimum atomic E-state index is -0.341. The molecule has 70 valence electrons. The lowest BCUT2D eigenvalue weighted by molar-refractivity contribution is 0.199. The molecule has 0 bridgehead atoms.